The molecule has 1 fully saturated rings. The third kappa shape index (κ3) is 30.0. The van der Waals surface area contributed by atoms with Crippen LogP contribution in [0.15, 0.2) is 36.5 Å². The van der Waals surface area contributed by atoms with Gasteiger partial charge in [-0.15, -0.1) is 0 Å². The number of ether oxygens (including phenoxy) is 3. The summed E-state index contributed by atoms with van der Waals surface area (Å²) in [5, 5.41) is 53.9. The monoisotopic (exact) mass is 852 g/mol. The average Bonchev–Trinajstić information content (AvgIpc) is 3.24. The molecule has 60 heavy (non-hydrogen) atoms. The van der Waals surface area contributed by atoms with Crippen LogP contribution in [0.5, 0.6) is 0 Å². The van der Waals surface area contributed by atoms with Gasteiger partial charge in [0.2, 0.25) is 5.91 Å². The predicted octanol–water partition coefficient (Wildman–Crippen LogP) is 9.21. The Morgan fingerprint density at radius 1 is 0.633 bits per heavy atom. The van der Waals surface area contributed by atoms with Gasteiger partial charge in [-0.25, -0.2) is 0 Å². The van der Waals surface area contributed by atoms with Crippen molar-refractivity contribution in [2.75, 3.05) is 19.8 Å². The molecule has 1 amide bonds. The summed E-state index contributed by atoms with van der Waals surface area (Å²) in [6.07, 6.45) is 35.3. The van der Waals surface area contributed by atoms with Crippen molar-refractivity contribution in [3.05, 3.63) is 36.5 Å². The number of carbonyl (C=O) groups is 2. The second-order valence-corrected chi connectivity index (χ2v) is 16.8. The molecule has 7 unspecified atom stereocenters. The van der Waals surface area contributed by atoms with Crippen LogP contribution in [0.2, 0.25) is 0 Å². The Hall–Kier alpha value is -2.12. The first-order valence-electron chi connectivity index (χ1n) is 24.2. The van der Waals surface area contributed by atoms with E-state index in [9.17, 15) is 35.1 Å². The minimum Gasteiger partial charge on any atom is -0.466 e. The number of aliphatic hydroxyl groups excluding tert-OH is 5. The second kappa shape index (κ2) is 39.7. The van der Waals surface area contributed by atoms with Gasteiger partial charge in [0.15, 0.2) is 6.29 Å². The maximum atomic E-state index is 12.9. The number of aliphatic hydroxyl groups is 5. The van der Waals surface area contributed by atoms with Crippen molar-refractivity contribution < 1.29 is 49.3 Å². The third-order valence-electron chi connectivity index (χ3n) is 11.3. The average molecular weight is 852 g/mol. The summed E-state index contributed by atoms with van der Waals surface area (Å²) >= 11 is 0. The van der Waals surface area contributed by atoms with E-state index in [0.717, 1.165) is 70.6 Å². The molecule has 0 spiro atoms. The highest BCUT2D eigenvalue weighted by Crippen LogP contribution is 2.22. The number of hydrogen-bond acceptors (Lipinski definition) is 10. The second-order valence-electron chi connectivity index (χ2n) is 16.8. The zero-order valence-corrected chi connectivity index (χ0v) is 37.9. The summed E-state index contributed by atoms with van der Waals surface area (Å²) in [5.41, 5.74) is 0. The van der Waals surface area contributed by atoms with Gasteiger partial charge in [-0.05, 0) is 51.9 Å². The van der Waals surface area contributed by atoms with E-state index in [1.165, 1.54) is 96.3 Å². The van der Waals surface area contributed by atoms with Crippen molar-refractivity contribution in [2.24, 2.45) is 0 Å². The van der Waals surface area contributed by atoms with Gasteiger partial charge in [0.1, 0.15) is 24.4 Å². The fourth-order valence-electron chi connectivity index (χ4n) is 7.41. The number of unbranched alkanes of at least 4 members (excludes halogenated alkanes) is 23. The standard InChI is InChI=1S/C49H89NO10/c1-3-5-7-9-11-13-16-21-25-29-33-37-45(54)58-38-34-30-26-22-18-15-14-17-20-24-28-32-36-44(53)50-41(42(52)35-31-27-23-19-12-10-8-6-4-2)40-59-49-48(57)47(56)46(55)43(39-51)60-49/h4,6,12,19,31,35,41-43,46-49,51-52,55-57H,3,5,7-11,13-18,20-30,32-34,36-40H2,1-2H3,(H,50,53)/b6-4+,19-12+,35-31+. The molecule has 1 heterocycles. The van der Waals surface area contributed by atoms with Gasteiger partial charge in [-0.2, -0.15) is 0 Å². The number of rotatable bonds is 40. The summed E-state index contributed by atoms with van der Waals surface area (Å²) < 4.78 is 16.6. The topological polar surface area (TPSA) is 175 Å². The van der Waals surface area contributed by atoms with Crippen molar-refractivity contribution in [3.63, 3.8) is 0 Å². The zero-order chi connectivity index (χ0) is 43.9. The van der Waals surface area contributed by atoms with Gasteiger partial charge in [-0.1, -0.05) is 172 Å². The van der Waals surface area contributed by atoms with Gasteiger partial charge in [-0.3, -0.25) is 9.59 Å². The highest BCUT2D eigenvalue weighted by molar-refractivity contribution is 5.76. The Morgan fingerprint density at radius 2 is 1.12 bits per heavy atom. The van der Waals surface area contributed by atoms with Crippen LogP contribution in [-0.2, 0) is 23.8 Å². The Bertz CT molecular complexity index is 1100. The highest BCUT2D eigenvalue weighted by Gasteiger charge is 2.44. The van der Waals surface area contributed by atoms with E-state index in [-0.39, 0.29) is 18.5 Å². The molecule has 0 saturated carbocycles. The molecule has 1 rings (SSSR count). The molecule has 350 valence electrons. The van der Waals surface area contributed by atoms with Gasteiger partial charge in [0.25, 0.3) is 0 Å². The Labute approximate surface area is 364 Å². The highest BCUT2D eigenvalue weighted by atomic mass is 16.7. The third-order valence-corrected chi connectivity index (χ3v) is 11.3. The molecule has 1 saturated heterocycles. The molecular weight excluding hydrogens is 763 g/mol. The lowest BCUT2D eigenvalue weighted by Crippen LogP contribution is -2.60. The SMILES string of the molecule is C/C=C/CC/C=C/CC/C=C/C(O)C(COC1OC(CO)C(O)C(O)C1O)NC(=O)CCCCCCCCCCCCCCOC(=O)CCCCCCCCCCCCC. The quantitative estimate of drug-likeness (QED) is 0.0198. The molecule has 0 aliphatic carbocycles. The van der Waals surface area contributed by atoms with Crippen molar-refractivity contribution in [1.82, 2.24) is 5.32 Å². The van der Waals surface area contributed by atoms with Crippen LogP contribution >= 0.6 is 0 Å². The smallest absolute Gasteiger partial charge is 0.305 e. The molecule has 6 N–H and O–H groups in total. The van der Waals surface area contributed by atoms with Gasteiger partial charge < -0.3 is 45.1 Å². The molecule has 0 aromatic rings. The Morgan fingerprint density at radius 3 is 1.65 bits per heavy atom. The van der Waals surface area contributed by atoms with Crippen LogP contribution in [0.1, 0.15) is 200 Å². The van der Waals surface area contributed by atoms with E-state index in [1.807, 2.05) is 19.1 Å². The van der Waals surface area contributed by atoms with Gasteiger partial charge in [0.05, 0.1) is 32.0 Å². The minimum atomic E-state index is -1.58. The number of carbonyl (C=O) groups excluding carboxylic acids is 2. The maximum Gasteiger partial charge on any atom is 0.305 e. The molecule has 11 nitrogen and oxygen atoms in total. The molecule has 1 aliphatic rings. The molecule has 0 bridgehead atoms. The summed E-state index contributed by atoms with van der Waals surface area (Å²) in [7, 11) is 0. The van der Waals surface area contributed by atoms with Crippen molar-refractivity contribution >= 4 is 11.9 Å². The summed E-state index contributed by atoms with van der Waals surface area (Å²) in [6.45, 7) is 4.01. The fourth-order valence-corrected chi connectivity index (χ4v) is 7.41. The summed E-state index contributed by atoms with van der Waals surface area (Å²) in [5.74, 6) is -0.253. The maximum absolute atomic E-state index is 12.9. The normalized spacial score (nSPS) is 20.7. The van der Waals surface area contributed by atoms with Crippen molar-refractivity contribution in [2.45, 2.75) is 243 Å². The summed E-state index contributed by atoms with van der Waals surface area (Å²) in [6, 6.07) is -0.844. The van der Waals surface area contributed by atoms with Gasteiger partial charge in [0, 0.05) is 12.8 Å². The lowest BCUT2D eigenvalue weighted by molar-refractivity contribution is -0.302. The van der Waals surface area contributed by atoms with Crippen LogP contribution in [0, 0.1) is 0 Å². The van der Waals surface area contributed by atoms with Crippen LogP contribution in [0.4, 0.5) is 0 Å². The van der Waals surface area contributed by atoms with Gasteiger partial charge >= 0.3 is 5.97 Å². The minimum absolute atomic E-state index is 0.0367. The Kier molecular flexibility index (Phi) is 37.0. The molecule has 7 atom stereocenters. The number of allylic oxidation sites excluding steroid dienone is 5. The lowest BCUT2D eigenvalue weighted by Gasteiger charge is -2.40. The van der Waals surface area contributed by atoms with E-state index in [1.54, 1.807) is 6.08 Å². The number of esters is 1. The lowest BCUT2D eigenvalue weighted by atomic mass is 9.99. The van der Waals surface area contributed by atoms with Crippen LogP contribution in [0.3, 0.4) is 0 Å². The van der Waals surface area contributed by atoms with Crippen molar-refractivity contribution in [3.8, 4) is 0 Å². The molecular formula is C49H89NO10. The number of amides is 1. The van der Waals surface area contributed by atoms with Crippen LogP contribution < -0.4 is 5.32 Å². The van der Waals surface area contributed by atoms with Crippen LogP contribution in [-0.4, -0.2) is 100 Å². The van der Waals surface area contributed by atoms with E-state index < -0.39 is 49.5 Å². The Balaban J connectivity index is 2.18. The zero-order valence-electron chi connectivity index (χ0n) is 37.9. The van der Waals surface area contributed by atoms with E-state index in [4.69, 9.17) is 14.2 Å². The molecule has 0 aromatic heterocycles. The first-order chi connectivity index (χ1) is 29.2. The van der Waals surface area contributed by atoms with Crippen molar-refractivity contribution in [1.29, 1.82) is 0 Å². The first kappa shape index (κ1) is 55.9. The van der Waals surface area contributed by atoms with E-state index >= 15 is 0 Å². The number of hydrogen-bond donors (Lipinski definition) is 6. The molecule has 0 aromatic carbocycles. The summed E-state index contributed by atoms with van der Waals surface area (Å²) in [4.78, 5) is 24.9. The first-order valence-corrected chi connectivity index (χ1v) is 24.2. The fraction of sp³-hybridized carbons (Fsp3) is 0.837. The predicted molar refractivity (Wildman–Crippen MR) is 241 cm³/mol. The van der Waals surface area contributed by atoms with Crippen LogP contribution in [0.25, 0.3) is 0 Å². The largest absolute Gasteiger partial charge is 0.466 e. The molecule has 1 aliphatic heterocycles. The molecule has 11 heteroatoms. The molecule has 0 radical (unpaired) electrons. The van der Waals surface area contributed by atoms with E-state index in [2.05, 4.69) is 30.5 Å². The number of nitrogens with one attached hydrogen (secondary N) is 1. The van der Waals surface area contributed by atoms with E-state index in [0.29, 0.717) is 25.9 Å².